The summed E-state index contributed by atoms with van der Waals surface area (Å²) >= 11 is 0. The number of nitrogens with one attached hydrogen (secondary N) is 2. The fourth-order valence-corrected chi connectivity index (χ4v) is 2.90. The standard InChI is InChI=1S/C22H21N5O/c1-14(2)17-9-6-7-15(3)21(17)27-20-11-19(24-13-25-20)22(28)26-18-10-5-4-8-16(18)12-23/h4-11,13-14H,1-3H3,(H,26,28)(H,24,25,27). The van der Waals surface area contributed by atoms with E-state index < -0.39 is 5.91 Å². The third-order valence-electron chi connectivity index (χ3n) is 4.38. The predicted molar refractivity (Wildman–Crippen MR) is 110 cm³/mol. The number of amides is 1. The summed E-state index contributed by atoms with van der Waals surface area (Å²) in [5.74, 6) is 0.474. The number of hydrogen-bond acceptors (Lipinski definition) is 5. The predicted octanol–water partition coefficient (Wildman–Crippen LogP) is 4.78. The van der Waals surface area contributed by atoms with Gasteiger partial charge in [-0.25, -0.2) is 9.97 Å². The zero-order chi connectivity index (χ0) is 20.1. The van der Waals surface area contributed by atoms with Crippen LogP contribution in [0.5, 0.6) is 0 Å². The molecule has 1 heterocycles. The van der Waals surface area contributed by atoms with Crippen LogP contribution < -0.4 is 10.6 Å². The maximum absolute atomic E-state index is 12.6. The molecule has 2 aromatic carbocycles. The molecule has 2 N–H and O–H groups in total. The van der Waals surface area contributed by atoms with E-state index in [-0.39, 0.29) is 5.69 Å². The monoisotopic (exact) mass is 371 g/mol. The Labute approximate surface area is 164 Å². The number of aromatic nitrogens is 2. The van der Waals surface area contributed by atoms with E-state index in [1.54, 1.807) is 30.3 Å². The quantitative estimate of drug-likeness (QED) is 0.674. The Bertz CT molecular complexity index is 1050. The normalized spacial score (nSPS) is 10.4. The van der Waals surface area contributed by atoms with E-state index in [1.165, 1.54) is 11.9 Å². The minimum atomic E-state index is -0.401. The molecule has 6 heteroatoms. The van der Waals surface area contributed by atoms with Crippen LogP contribution in [0.3, 0.4) is 0 Å². The lowest BCUT2D eigenvalue weighted by atomic mass is 9.98. The first-order chi connectivity index (χ1) is 13.5. The summed E-state index contributed by atoms with van der Waals surface area (Å²) in [7, 11) is 0. The Morgan fingerprint density at radius 2 is 1.89 bits per heavy atom. The minimum Gasteiger partial charge on any atom is -0.340 e. The summed E-state index contributed by atoms with van der Waals surface area (Å²) < 4.78 is 0. The second-order valence-electron chi connectivity index (χ2n) is 6.72. The molecule has 0 aliphatic rings. The van der Waals surface area contributed by atoms with Crippen LogP contribution in [0.2, 0.25) is 0 Å². The molecule has 0 aliphatic carbocycles. The average Bonchev–Trinajstić information content (AvgIpc) is 2.70. The molecule has 6 nitrogen and oxygen atoms in total. The van der Waals surface area contributed by atoms with Gasteiger partial charge in [-0.05, 0) is 36.1 Å². The van der Waals surface area contributed by atoms with Gasteiger partial charge in [0.25, 0.3) is 5.91 Å². The molecule has 3 aromatic rings. The highest BCUT2D eigenvalue weighted by Crippen LogP contribution is 2.29. The largest absolute Gasteiger partial charge is 0.340 e. The summed E-state index contributed by atoms with van der Waals surface area (Å²) in [6, 6.07) is 16.6. The number of nitriles is 1. The molecule has 0 unspecified atom stereocenters. The van der Waals surface area contributed by atoms with Crippen LogP contribution in [0, 0.1) is 18.3 Å². The van der Waals surface area contributed by atoms with Gasteiger partial charge in [0.1, 0.15) is 23.9 Å². The molecule has 0 spiro atoms. The van der Waals surface area contributed by atoms with Gasteiger partial charge in [0.05, 0.1) is 11.3 Å². The van der Waals surface area contributed by atoms with E-state index in [2.05, 4.69) is 46.6 Å². The number of benzene rings is 2. The van der Waals surface area contributed by atoms with Crippen molar-refractivity contribution < 1.29 is 4.79 Å². The second-order valence-corrected chi connectivity index (χ2v) is 6.72. The summed E-state index contributed by atoms with van der Waals surface area (Å²) in [6.45, 7) is 6.29. The molecule has 0 saturated heterocycles. The smallest absolute Gasteiger partial charge is 0.274 e. The Morgan fingerprint density at radius 3 is 2.64 bits per heavy atom. The third-order valence-corrected chi connectivity index (χ3v) is 4.38. The number of nitrogens with zero attached hydrogens (tertiary/aromatic N) is 3. The first kappa shape index (κ1) is 19.1. The number of aryl methyl sites for hydroxylation is 1. The van der Waals surface area contributed by atoms with Crippen molar-refractivity contribution in [3.8, 4) is 6.07 Å². The molecule has 0 saturated carbocycles. The van der Waals surface area contributed by atoms with Crippen LogP contribution in [-0.2, 0) is 0 Å². The van der Waals surface area contributed by atoms with Crippen molar-refractivity contribution in [2.75, 3.05) is 10.6 Å². The van der Waals surface area contributed by atoms with Gasteiger partial charge in [0, 0.05) is 11.8 Å². The van der Waals surface area contributed by atoms with E-state index in [9.17, 15) is 4.79 Å². The molecule has 0 fully saturated rings. The number of carbonyl (C=O) groups is 1. The first-order valence-electron chi connectivity index (χ1n) is 8.98. The van der Waals surface area contributed by atoms with E-state index in [4.69, 9.17) is 5.26 Å². The zero-order valence-corrected chi connectivity index (χ0v) is 16.0. The molecule has 3 rings (SSSR count). The van der Waals surface area contributed by atoms with Crippen molar-refractivity contribution in [3.63, 3.8) is 0 Å². The van der Waals surface area contributed by atoms with Gasteiger partial charge in [-0.15, -0.1) is 0 Å². The Balaban J connectivity index is 1.86. The molecule has 0 atom stereocenters. The van der Waals surface area contributed by atoms with Gasteiger partial charge in [-0.1, -0.05) is 44.2 Å². The highest BCUT2D eigenvalue weighted by molar-refractivity contribution is 6.04. The van der Waals surface area contributed by atoms with Crippen molar-refractivity contribution in [1.82, 2.24) is 9.97 Å². The number of para-hydroxylation sites is 2. The van der Waals surface area contributed by atoms with E-state index in [0.29, 0.717) is 23.0 Å². The third kappa shape index (κ3) is 4.15. The van der Waals surface area contributed by atoms with Crippen molar-refractivity contribution in [1.29, 1.82) is 5.26 Å². The van der Waals surface area contributed by atoms with Gasteiger partial charge in [-0.3, -0.25) is 4.79 Å². The van der Waals surface area contributed by atoms with E-state index in [0.717, 1.165) is 11.3 Å². The number of rotatable bonds is 5. The van der Waals surface area contributed by atoms with Gasteiger partial charge in [-0.2, -0.15) is 5.26 Å². The highest BCUT2D eigenvalue weighted by atomic mass is 16.1. The fraction of sp³-hybridized carbons (Fsp3) is 0.182. The summed E-state index contributed by atoms with van der Waals surface area (Å²) in [6.07, 6.45) is 1.35. The average molecular weight is 371 g/mol. The maximum atomic E-state index is 12.6. The highest BCUT2D eigenvalue weighted by Gasteiger charge is 2.14. The molecule has 0 bridgehead atoms. The lowest BCUT2D eigenvalue weighted by molar-refractivity contribution is 0.102. The molecule has 0 aliphatic heterocycles. The Kier molecular flexibility index (Phi) is 5.66. The van der Waals surface area contributed by atoms with Crippen LogP contribution in [0.15, 0.2) is 54.9 Å². The minimum absolute atomic E-state index is 0.213. The van der Waals surface area contributed by atoms with Crippen LogP contribution in [0.4, 0.5) is 17.2 Å². The zero-order valence-electron chi connectivity index (χ0n) is 16.0. The van der Waals surface area contributed by atoms with Gasteiger partial charge < -0.3 is 10.6 Å². The fourth-order valence-electron chi connectivity index (χ4n) is 2.90. The lowest BCUT2D eigenvalue weighted by Gasteiger charge is -2.17. The molecule has 1 amide bonds. The van der Waals surface area contributed by atoms with Crippen molar-refractivity contribution in [2.24, 2.45) is 0 Å². The maximum Gasteiger partial charge on any atom is 0.274 e. The van der Waals surface area contributed by atoms with Gasteiger partial charge in [0.15, 0.2) is 0 Å². The van der Waals surface area contributed by atoms with Crippen molar-refractivity contribution in [3.05, 3.63) is 77.2 Å². The lowest BCUT2D eigenvalue weighted by Crippen LogP contribution is -2.15. The number of carbonyl (C=O) groups excluding carboxylic acids is 1. The topological polar surface area (TPSA) is 90.7 Å². The molecular formula is C22H21N5O. The van der Waals surface area contributed by atoms with Crippen molar-refractivity contribution >= 4 is 23.1 Å². The van der Waals surface area contributed by atoms with Crippen LogP contribution in [0.1, 0.15) is 46.9 Å². The molecule has 140 valence electrons. The van der Waals surface area contributed by atoms with Crippen LogP contribution >= 0.6 is 0 Å². The van der Waals surface area contributed by atoms with Crippen molar-refractivity contribution in [2.45, 2.75) is 26.7 Å². The second kappa shape index (κ2) is 8.31. The van der Waals surface area contributed by atoms with Gasteiger partial charge in [0.2, 0.25) is 0 Å². The molecular weight excluding hydrogens is 350 g/mol. The molecule has 28 heavy (non-hydrogen) atoms. The summed E-state index contributed by atoms with van der Waals surface area (Å²) in [5.41, 5.74) is 4.31. The SMILES string of the molecule is Cc1cccc(C(C)C)c1Nc1cc(C(=O)Nc2ccccc2C#N)ncn1. The van der Waals surface area contributed by atoms with Gasteiger partial charge >= 0.3 is 0 Å². The summed E-state index contributed by atoms with van der Waals surface area (Å²) in [5, 5.41) is 15.2. The van der Waals surface area contributed by atoms with Crippen LogP contribution in [0.25, 0.3) is 0 Å². The summed E-state index contributed by atoms with van der Waals surface area (Å²) in [4.78, 5) is 20.9. The Morgan fingerprint density at radius 1 is 1.11 bits per heavy atom. The first-order valence-corrected chi connectivity index (χ1v) is 8.98. The number of anilines is 3. The van der Waals surface area contributed by atoms with E-state index >= 15 is 0 Å². The molecule has 0 radical (unpaired) electrons. The number of hydrogen-bond donors (Lipinski definition) is 2. The van der Waals surface area contributed by atoms with Crippen LogP contribution in [-0.4, -0.2) is 15.9 Å². The Hall–Kier alpha value is -3.72. The molecule has 1 aromatic heterocycles. The van der Waals surface area contributed by atoms with E-state index in [1.807, 2.05) is 19.1 Å².